The molecule has 1 nitrogen and oxygen atoms in total. The summed E-state index contributed by atoms with van der Waals surface area (Å²) in [6.07, 6.45) is -4.20. The van der Waals surface area contributed by atoms with Crippen molar-refractivity contribution in [3.8, 4) is 0 Å². The van der Waals surface area contributed by atoms with Gasteiger partial charge in [0.1, 0.15) is 0 Å². The first kappa shape index (κ1) is 9.48. The molecule has 2 N–H and O–H groups in total. The van der Waals surface area contributed by atoms with Crippen LogP contribution in [0.15, 0.2) is 0 Å². The molecule has 1 saturated heterocycles. The van der Waals surface area contributed by atoms with E-state index >= 15 is 0 Å². The lowest BCUT2D eigenvalue weighted by atomic mass is 10.0. The van der Waals surface area contributed by atoms with E-state index in [1.807, 2.05) is 0 Å². The molecule has 0 aliphatic carbocycles. The Labute approximate surface area is 71.5 Å². The second kappa shape index (κ2) is 3.03. The summed E-state index contributed by atoms with van der Waals surface area (Å²) in [7, 11) is 0. The van der Waals surface area contributed by atoms with Crippen LogP contribution in [0.5, 0.6) is 0 Å². The summed E-state index contributed by atoms with van der Waals surface area (Å²) in [6, 6.07) is -0.957. The summed E-state index contributed by atoms with van der Waals surface area (Å²) in [5, 5.41) is 0. The highest BCUT2D eigenvalue weighted by molar-refractivity contribution is 8.01. The molecule has 0 radical (unpaired) electrons. The Balaban J connectivity index is 2.62. The van der Waals surface area contributed by atoms with E-state index in [1.54, 1.807) is 0 Å². The zero-order valence-corrected chi connectivity index (χ0v) is 7.01. The number of alkyl halides is 4. The second-order valence-electron chi connectivity index (χ2n) is 2.41. The molecule has 0 bridgehead atoms. The second-order valence-corrected chi connectivity index (χ2v) is 4.31. The number of thioether (sulfide) groups is 1. The van der Waals surface area contributed by atoms with Crippen molar-refractivity contribution >= 4 is 23.4 Å². The van der Waals surface area contributed by atoms with Gasteiger partial charge in [-0.25, -0.2) is 0 Å². The van der Waals surface area contributed by atoms with Crippen molar-refractivity contribution in [2.75, 3.05) is 5.75 Å². The highest BCUT2D eigenvalue weighted by Crippen LogP contribution is 2.41. The fourth-order valence-corrected chi connectivity index (χ4v) is 2.52. The molecule has 6 heteroatoms. The standard InChI is InChI=1S/C5H7ClF3NS/c6-4-3(10)2(1-11-4)5(7,8)9/h2-4H,1,10H2. The SMILES string of the molecule is NC1C(Cl)SCC1C(F)(F)F. The molecule has 11 heavy (non-hydrogen) atoms. The molecular weight excluding hydrogens is 199 g/mol. The highest BCUT2D eigenvalue weighted by Gasteiger charge is 2.49. The van der Waals surface area contributed by atoms with Gasteiger partial charge < -0.3 is 5.73 Å². The normalized spacial score (nSPS) is 39.5. The van der Waals surface area contributed by atoms with Crippen LogP contribution in [-0.4, -0.2) is 22.7 Å². The molecule has 1 rings (SSSR count). The first-order valence-electron chi connectivity index (χ1n) is 3.01. The molecule has 1 aliphatic heterocycles. The topological polar surface area (TPSA) is 26.0 Å². The minimum atomic E-state index is -4.20. The number of hydrogen-bond donors (Lipinski definition) is 1. The van der Waals surface area contributed by atoms with Gasteiger partial charge in [-0.3, -0.25) is 0 Å². The molecule has 1 fully saturated rings. The lowest BCUT2D eigenvalue weighted by Crippen LogP contribution is -2.40. The molecule has 0 aromatic carbocycles. The third-order valence-corrected chi connectivity index (χ3v) is 3.48. The highest BCUT2D eigenvalue weighted by atomic mass is 35.5. The third-order valence-electron chi connectivity index (χ3n) is 1.62. The van der Waals surface area contributed by atoms with Gasteiger partial charge in [0.15, 0.2) is 0 Å². The first-order valence-corrected chi connectivity index (χ1v) is 4.49. The largest absolute Gasteiger partial charge is 0.394 e. The van der Waals surface area contributed by atoms with Crippen molar-refractivity contribution in [3.63, 3.8) is 0 Å². The lowest BCUT2D eigenvalue weighted by molar-refractivity contribution is -0.170. The Morgan fingerprint density at radius 1 is 1.45 bits per heavy atom. The zero-order valence-electron chi connectivity index (χ0n) is 5.44. The average molecular weight is 206 g/mol. The third kappa shape index (κ3) is 1.95. The van der Waals surface area contributed by atoms with Crippen LogP contribution in [0.3, 0.4) is 0 Å². The van der Waals surface area contributed by atoms with Crippen LogP contribution in [0.25, 0.3) is 0 Å². The number of nitrogens with two attached hydrogens (primary N) is 1. The van der Waals surface area contributed by atoms with Crippen molar-refractivity contribution in [1.82, 2.24) is 0 Å². The summed E-state index contributed by atoms with van der Waals surface area (Å²) in [6.45, 7) is 0. The molecule has 0 saturated carbocycles. The van der Waals surface area contributed by atoms with Crippen LogP contribution in [0.4, 0.5) is 13.2 Å². The Morgan fingerprint density at radius 3 is 2.18 bits per heavy atom. The van der Waals surface area contributed by atoms with Crippen molar-refractivity contribution in [2.24, 2.45) is 11.7 Å². The maximum Gasteiger partial charge on any atom is 0.394 e. The average Bonchev–Trinajstić information content (AvgIpc) is 2.11. The Hall–Kier alpha value is 0.390. The minimum Gasteiger partial charge on any atom is -0.325 e. The van der Waals surface area contributed by atoms with Crippen molar-refractivity contribution < 1.29 is 13.2 Å². The maximum atomic E-state index is 12.0. The number of halogens is 4. The fraction of sp³-hybridized carbons (Fsp3) is 1.00. The van der Waals surface area contributed by atoms with E-state index in [0.717, 1.165) is 11.8 Å². The Kier molecular flexibility index (Phi) is 2.61. The molecule has 66 valence electrons. The van der Waals surface area contributed by atoms with E-state index in [9.17, 15) is 13.2 Å². The predicted octanol–water partition coefficient (Wildman–Crippen LogP) is 1.80. The van der Waals surface area contributed by atoms with Crippen molar-refractivity contribution in [2.45, 2.75) is 16.9 Å². The molecule has 1 heterocycles. The molecule has 0 spiro atoms. The Morgan fingerprint density at radius 2 is 2.00 bits per heavy atom. The van der Waals surface area contributed by atoms with Crippen LogP contribution in [-0.2, 0) is 0 Å². The fourth-order valence-electron chi connectivity index (χ4n) is 0.913. The van der Waals surface area contributed by atoms with Gasteiger partial charge in [0, 0.05) is 11.8 Å². The van der Waals surface area contributed by atoms with E-state index in [-0.39, 0.29) is 5.75 Å². The zero-order chi connectivity index (χ0) is 8.65. The van der Waals surface area contributed by atoms with Gasteiger partial charge in [-0.15, -0.1) is 23.4 Å². The minimum absolute atomic E-state index is 0.0150. The van der Waals surface area contributed by atoms with E-state index < -0.39 is 22.8 Å². The van der Waals surface area contributed by atoms with Crippen LogP contribution in [0.1, 0.15) is 0 Å². The molecular formula is C5H7ClF3NS. The smallest absolute Gasteiger partial charge is 0.325 e. The van der Waals surface area contributed by atoms with Crippen LogP contribution >= 0.6 is 23.4 Å². The number of hydrogen-bond acceptors (Lipinski definition) is 2. The summed E-state index contributed by atoms with van der Waals surface area (Å²) < 4.78 is 35.5. The number of rotatable bonds is 0. The summed E-state index contributed by atoms with van der Waals surface area (Å²) in [5.74, 6) is -1.45. The van der Waals surface area contributed by atoms with Crippen molar-refractivity contribution in [3.05, 3.63) is 0 Å². The van der Waals surface area contributed by atoms with Crippen LogP contribution < -0.4 is 5.73 Å². The lowest BCUT2D eigenvalue weighted by Gasteiger charge is -2.18. The predicted molar refractivity (Wildman–Crippen MR) is 39.6 cm³/mol. The van der Waals surface area contributed by atoms with Gasteiger partial charge in [-0.2, -0.15) is 13.2 Å². The molecule has 0 aromatic heterocycles. The van der Waals surface area contributed by atoms with E-state index in [4.69, 9.17) is 17.3 Å². The van der Waals surface area contributed by atoms with Gasteiger partial charge in [-0.05, 0) is 0 Å². The summed E-state index contributed by atoms with van der Waals surface area (Å²) in [5.41, 5.74) is 5.24. The maximum absolute atomic E-state index is 12.0. The molecule has 3 atom stereocenters. The van der Waals surface area contributed by atoms with Gasteiger partial charge in [0.25, 0.3) is 0 Å². The van der Waals surface area contributed by atoms with E-state index in [2.05, 4.69) is 0 Å². The molecule has 3 unspecified atom stereocenters. The molecule has 0 aromatic rings. The molecule has 1 aliphatic rings. The molecule has 0 amide bonds. The van der Waals surface area contributed by atoms with Crippen LogP contribution in [0.2, 0.25) is 0 Å². The van der Waals surface area contributed by atoms with Gasteiger partial charge in [0.2, 0.25) is 0 Å². The van der Waals surface area contributed by atoms with Crippen molar-refractivity contribution in [1.29, 1.82) is 0 Å². The van der Waals surface area contributed by atoms with E-state index in [1.165, 1.54) is 0 Å². The summed E-state index contributed by atoms with van der Waals surface area (Å²) >= 11 is 6.56. The summed E-state index contributed by atoms with van der Waals surface area (Å²) in [4.78, 5) is 0. The Bertz CT molecular complexity index is 151. The van der Waals surface area contributed by atoms with Gasteiger partial charge in [0.05, 0.1) is 10.6 Å². The van der Waals surface area contributed by atoms with E-state index in [0.29, 0.717) is 0 Å². The van der Waals surface area contributed by atoms with Gasteiger partial charge in [-0.1, -0.05) is 0 Å². The quantitative estimate of drug-likeness (QED) is 0.611. The monoisotopic (exact) mass is 205 g/mol. The first-order chi connectivity index (χ1) is 4.93. The van der Waals surface area contributed by atoms with Crippen LogP contribution in [0, 0.1) is 5.92 Å². The van der Waals surface area contributed by atoms with Gasteiger partial charge >= 0.3 is 6.18 Å².